The monoisotopic (exact) mass is 249 g/mol. The highest BCUT2D eigenvalue weighted by Gasteiger charge is 2.35. The SMILES string of the molecule is [CH2]c1ccccc1[CH]N1C(=O)c2ccccc2C1=O. The van der Waals surface area contributed by atoms with Gasteiger partial charge in [0.15, 0.2) is 0 Å². The molecule has 3 rings (SSSR count). The average molecular weight is 249 g/mol. The molecule has 1 aliphatic rings. The third-order valence-electron chi connectivity index (χ3n) is 3.15. The molecule has 0 saturated heterocycles. The Labute approximate surface area is 111 Å². The summed E-state index contributed by atoms with van der Waals surface area (Å²) in [6.45, 7) is 5.43. The van der Waals surface area contributed by atoms with Crippen molar-refractivity contribution in [3.8, 4) is 0 Å². The molecule has 2 aromatic carbocycles. The second kappa shape index (κ2) is 4.35. The van der Waals surface area contributed by atoms with Crippen molar-refractivity contribution in [3.63, 3.8) is 0 Å². The molecule has 3 nitrogen and oxygen atoms in total. The lowest BCUT2D eigenvalue weighted by atomic mass is 10.1. The zero-order valence-corrected chi connectivity index (χ0v) is 10.2. The first-order valence-corrected chi connectivity index (χ1v) is 5.91. The summed E-state index contributed by atoms with van der Waals surface area (Å²) in [6, 6.07) is 14.2. The van der Waals surface area contributed by atoms with Gasteiger partial charge in [-0.2, -0.15) is 0 Å². The maximum atomic E-state index is 12.2. The van der Waals surface area contributed by atoms with Crippen molar-refractivity contribution in [2.45, 2.75) is 0 Å². The molecular weight excluding hydrogens is 238 g/mol. The summed E-state index contributed by atoms with van der Waals surface area (Å²) in [5, 5.41) is 0. The van der Waals surface area contributed by atoms with E-state index in [1.807, 2.05) is 24.3 Å². The summed E-state index contributed by atoms with van der Waals surface area (Å²) in [5.41, 5.74) is 2.44. The zero-order valence-electron chi connectivity index (χ0n) is 10.2. The van der Waals surface area contributed by atoms with Crippen LogP contribution in [0.25, 0.3) is 0 Å². The normalized spacial score (nSPS) is 13.8. The van der Waals surface area contributed by atoms with Gasteiger partial charge in [-0.15, -0.1) is 0 Å². The lowest BCUT2D eigenvalue weighted by molar-refractivity contribution is 0.0702. The number of benzene rings is 2. The molecule has 0 unspecified atom stereocenters. The summed E-state index contributed by atoms with van der Waals surface area (Å²) in [4.78, 5) is 25.5. The first-order valence-electron chi connectivity index (χ1n) is 5.91. The second-order valence-corrected chi connectivity index (χ2v) is 4.35. The van der Waals surface area contributed by atoms with E-state index in [9.17, 15) is 9.59 Å². The molecule has 0 N–H and O–H groups in total. The number of hydrogen-bond donors (Lipinski definition) is 0. The maximum absolute atomic E-state index is 12.2. The largest absolute Gasteiger partial charge is 0.269 e. The van der Waals surface area contributed by atoms with Crippen LogP contribution < -0.4 is 0 Å². The van der Waals surface area contributed by atoms with Crippen LogP contribution in [0.1, 0.15) is 31.8 Å². The van der Waals surface area contributed by atoms with Crippen LogP contribution >= 0.6 is 0 Å². The Hall–Kier alpha value is -2.42. The van der Waals surface area contributed by atoms with E-state index >= 15 is 0 Å². The van der Waals surface area contributed by atoms with Crippen LogP contribution in [-0.4, -0.2) is 16.7 Å². The fourth-order valence-corrected chi connectivity index (χ4v) is 2.12. The van der Waals surface area contributed by atoms with Crippen LogP contribution in [0.4, 0.5) is 0 Å². The van der Waals surface area contributed by atoms with E-state index in [0.29, 0.717) is 11.1 Å². The fourth-order valence-electron chi connectivity index (χ4n) is 2.12. The molecule has 0 bridgehead atoms. The van der Waals surface area contributed by atoms with Gasteiger partial charge in [0.25, 0.3) is 11.8 Å². The van der Waals surface area contributed by atoms with Crippen molar-refractivity contribution in [2.75, 3.05) is 0 Å². The van der Waals surface area contributed by atoms with E-state index in [2.05, 4.69) is 6.92 Å². The Bertz CT molecular complexity index is 641. The number of amides is 2. The number of hydrogen-bond acceptors (Lipinski definition) is 2. The molecule has 1 aliphatic heterocycles. The molecule has 0 fully saturated rings. The van der Waals surface area contributed by atoms with Gasteiger partial charge in [0.2, 0.25) is 0 Å². The lowest BCUT2D eigenvalue weighted by Gasteiger charge is -2.14. The van der Waals surface area contributed by atoms with Gasteiger partial charge in [0.05, 0.1) is 17.7 Å². The maximum Gasteiger partial charge on any atom is 0.262 e. The molecule has 1 heterocycles. The van der Waals surface area contributed by atoms with E-state index in [4.69, 9.17) is 0 Å². The van der Waals surface area contributed by atoms with Crippen molar-refractivity contribution >= 4 is 11.8 Å². The highest BCUT2D eigenvalue weighted by atomic mass is 16.2. The molecular formula is C16H11NO2. The number of fused-ring (bicyclic) bond motifs is 1. The predicted octanol–water partition coefficient (Wildman–Crippen LogP) is 2.67. The minimum absolute atomic E-state index is 0.288. The molecule has 2 radical (unpaired) electrons. The van der Waals surface area contributed by atoms with Gasteiger partial charge in [0.1, 0.15) is 0 Å². The molecule has 3 heteroatoms. The minimum Gasteiger partial charge on any atom is -0.269 e. The smallest absolute Gasteiger partial charge is 0.262 e. The van der Waals surface area contributed by atoms with Crippen LogP contribution in [0.2, 0.25) is 0 Å². The Balaban J connectivity index is 1.95. The molecule has 2 amide bonds. The second-order valence-electron chi connectivity index (χ2n) is 4.35. The third-order valence-corrected chi connectivity index (χ3v) is 3.15. The molecule has 0 atom stereocenters. The molecule has 2 aromatic rings. The van der Waals surface area contributed by atoms with Crippen molar-refractivity contribution < 1.29 is 9.59 Å². The number of carbonyl (C=O) groups is 2. The third kappa shape index (κ3) is 1.83. The van der Waals surface area contributed by atoms with E-state index in [-0.39, 0.29) is 11.8 Å². The molecule has 92 valence electrons. The van der Waals surface area contributed by atoms with E-state index in [1.165, 1.54) is 0 Å². The average Bonchev–Trinajstić information content (AvgIpc) is 2.67. The quantitative estimate of drug-likeness (QED) is 0.767. The Kier molecular flexibility index (Phi) is 2.67. The number of imide groups is 1. The first-order chi connectivity index (χ1) is 9.18. The van der Waals surface area contributed by atoms with Gasteiger partial charge in [-0.25, -0.2) is 0 Å². The highest BCUT2D eigenvalue weighted by molar-refractivity contribution is 6.22. The van der Waals surface area contributed by atoms with Crippen molar-refractivity contribution in [2.24, 2.45) is 0 Å². The van der Waals surface area contributed by atoms with Crippen LogP contribution in [-0.2, 0) is 0 Å². The van der Waals surface area contributed by atoms with Gasteiger partial charge in [-0.05, 0) is 30.2 Å². The van der Waals surface area contributed by atoms with Crippen LogP contribution in [0.15, 0.2) is 48.5 Å². The fraction of sp³-hybridized carbons (Fsp3) is 0. The van der Waals surface area contributed by atoms with Crippen molar-refractivity contribution in [3.05, 3.63) is 84.3 Å². The summed E-state index contributed by atoms with van der Waals surface area (Å²) >= 11 is 0. The van der Waals surface area contributed by atoms with E-state index < -0.39 is 0 Å². The van der Waals surface area contributed by atoms with Crippen molar-refractivity contribution in [1.29, 1.82) is 0 Å². The summed E-state index contributed by atoms with van der Waals surface area (Å²) < 4.78 is 0. The number of carbonyl (C=O) groups excluding carboxylic acids is 2. The molecule has 0 saturated carbocycles. The topological polar surface area (TPSA) is 37.4 Å². The number of rotatable bonds is 2. The van der Waals surface area contributed by atoms with Gasteiger partial charge in [-0.1, -0.05) is 36.4 Å². The number of nitrogens with zero attached hydrogens (tertiary/aromatic N) is 1. The minimum atomic E-state index is -0.288. The van der Waals surface area contributed by atoms with Gasteiger partial charge in [-0.3, -0.25) is 14.5 Å². The van der Waals surface area contributed by atoms with Crippen LogP contribution in [0.3, 0.4) is 0 Å². The predicted molar refractivity (Wildman–Crippen MR) is 71.2 cm³/mol. The molecule has 19 heavy (non-hydrogen) atoms. The van der Waals surface area contributed by atoms with E-state index in [0.717, 1.165) is 16.0 Å². The Morgan fingerprint density at radius 2 is 1.37 bits per heavy atom. The lowest BCUT2D eigenvalue weighted by Crippen LogP contribution is -2.27. The van der Waals surface area contributed by atoms with Crippen LogP contribution in [0, 0.1) is 13.5 Å². The highest BCUT2D eigenvalue weighted by Crippen LogP contribution is 2.25. The molecule has 0 spiro atoms. The standard InChI is InChI=1S/C16H11NO2/c1-11-6-2-3-7-12(11)10-17-15(18)13-8-4-5-9-14(13)16(17)19/h2-10H,1H2. The van der Waals surface area contributed by atoms with E-state index in [1.54, 1.807) is 30.8 Å². The van der Waals surface area contributed by atoms with Crippen LogP contribution in [0.5, 0.6) is 0 Å². The Morgan fingerprint density at radius 3 is 1.95 bits per heavy atom. The van der Waals surface area contributed by atoms with Crippen molar-refractivity contribution in [1.82, 2.24) is 4.90 Å². The zero-order chi connectivity index (χ0) is 13.4. The Morgan fingerprint density at radius 1 is 0.842 bits per heavy atom. The summed E-state index contributed by atoms with van der Waals surface area (Å²) in [6.07, 6.45) is 0. The van der Waals surface area contributed by atoms with Gasteiger partial charge in [0, 0.05) is 0 Å². The molecule has 0 aromatic heterocycles. The van der Waals surface area contributed by atoms with Gasteiger partial charge < -0.3 is 0 Å². The first kappa shape index (κ1) is 11.7. The summed E-state index contributed by atoms with van der Waals surface area (Å²) in [5.74, 6) is -0.576. The molecule has 0 aliphatic carbocycles. The summed E-state index contributed by atoms with van der Waals surface area (Å²) in [7, 11) is 0. The van der Waals surface area contributed by atoms with Gasteiger partial charge >= 0.3 is 0 Å².